The first-order valence-electron chi connectivity index (χ1n) is 13.4. The Balaban J connectivity index is 1.28. The van der Waals surface area contributed by atoms with Crippen molar-refractivity contribution in [2.45, 2.75) is 44.8 Å². The average Bonchev–Trinajstić information content (AvgIpc) is 3.37. The molecule has 0 unspecified atom stereocenters. The smallest absolute Gasteiger partial charge is 0.335 e. The zero-order valence-electron chi connectivity index (χ0n) is 21.6. The summed E-state index contributed by atoms with van der Waals surface area (Å²) in [4.78, 5) is 16.5. The van der Waals surface area contributed by atoms with E-state index < -0.39 is 5.97 Å². The molecule has 1 aromatic heterocycles. The van der Waals surface area contributed by atoms with Crippen LogP contribution in [0.15, 0.2) is 97.1 Å². The van der Waals surface area contributed by atoms with Crippen LogP contribution in [0, 0.1) is 0 Å². The van der Waals surface area contributed by atoms with Crippen LogP contribution in [-0.2, 0) is 6.61 Å². The van der Waals surface area contributed by atoms with Crippen molar-refractivity contribution < 1.29 is 19.4 Å². The normalized spacial score (nSPS) is 13.8. The highest BCUT2D eigenvalue weighted by molar-refractivity contribution is 5.93. The topological polar surface area (TPSA) is 73.6 Å². The molecule has 4 aromatic carbocycles. The molecule has 0 aliphatic heterocycles. The molecule has 6 heteroatoms. The van der Waals surface area contributed by atoms with Crippen molar-refractivity contribution in [1.82, 2.24) is 9.55 Å². The Hall–Kier alpha value is -4.58. The van der Waals surface area contributed by atoms with Crippen LogP contribution >= 0.6 is 0 Å². The molecular weight excluding hydrogens is 488 g/mol. The van der Waals surface area contributed by atoms with E-state index in [9.17, 15) is 9.90 Å². The van der Waals surface area contributed by atoms with Gasteiger partial charge >= 0.3 is 5.97 Å². The number of nitrogens with zero attached hydrogens (tertiary/aromatic N) is 2. The maximum Gasteiger partial charge on any atom is 0.335 e. The second kappa shape index (κ2) is 11.0. The van der Waals surface area contributed by atoms with Gasteiger partial charge in [0.15, 0.2) is 11.5 Å². The van der Waals surface area contributed by atoms with Crippen molar-refractivity contribution in [2.75, 3.05) is 0 Å². The van der Waals surface area contributed by atoms with Gasteiger partial charge in [-0.1, -0.05) is 61.7 Å². The lowest BCUT2D eigenvalue weighted by Crippen LogP contribution is -2.14. The van der Waals surface area contributed by atoms with Crippen LogP contribution in [-0.4, -0.2) is 20.6 Å². The van der Waals surface area contributed by atoms with Crippen molar-refractivity contribution in [3.63, 3.8) is 0 Å². The monoisotopic (exact) mass is 518 g/mol. The Kier molecular flexibility index (Phi) is 7.00. The van der Waals surface area contributed by atoms with Gasteiger partial charge in [-0.2, -0.15) is 0 Å². The molecule has 1 saturated carbocycles. The number of carboxylic acids is 1. The number of hydrogen-bond donors (Lipinski definition) is 1. The minimum Gasteiger partial charge on any atom is -0.485 e. The van der Waals surface area contributed by atoms with Gasteiger partial charge in [-0.05, 0) is 73.0 Å². The molecule has 196 valence electrons. The number of carbonyl (C=O) groups is 1. The van der Waals surface area contributed by atoms with Crippen LogP contribution in [0.1, 0.15) is 54.1 Å². The Labute approximate surface area is 227 Å². The number of hydrogen-bond acceptors (Lipinski definition) is 4. The summed E-state index contributed by atoms with van der Waals surface area (Å²) in [7, 11) is 0. The number of fused-ring (bicyclic) bond motifs is 1. The van der Waals surface area contributed by atoms with Gasteiger partial charge in [-0.3, -0.25) is 0 Å². The summed E-state index contributed by atoms with van der Waals surface area (Å²) < 4.78 is 14.6. The van der Waals surface area contributed by atoms with Gasteiger partial charge in [0.25, 0.3) is 0 Å². The lowest BCUT2D eigenvalue weighted by Gasteiger charge is -2.25. The van der Waals surface area contributed by atoms with E-state index in [1.165, 1.54) is 19.3 Å². The number of aromatic nitrogens is 2. The van der Waals surface area contributed by atoms with Gasteiger partial charge in [0.2, 0.25) is 0 Å². The Morgan fingerprint density at radius 1 is 0.846 bits per heavy atom. The van der Waals surface area contributed by atoms with Crippen molar-refractivity contribution in [1.29, 1.82) is 0 Å². The number of carboxylic acid groups (broad SMARTS) is 1. The SMILES string of the molecule is O=C(O)c1ccc2c(c1)nc(-c1ccc(Oc3ccccc3OCc3ccccc3)cc1)n2C1CCCCC1. The molecule has 0 radical (unpaired) electrons. The standard InChI is InChI=1S/C33H30N2O4/c36-33(37)25-17-20-29-28(21-25)34-32(35(29)26-11-5-2-6-12-26)24-15-18-27(19-16-24)39-31-14-8-7-13-30(31)38-22-23-9-3-1-4-10-23/h1,3-4,7-10,13-21,26H,2,5-6,11-12,22H2,(H,36,37). The lowest BCUT2D eigenvalue weighted by atomic mass is 9.95. The van der Waals surface area contributed by atoms with Crippen LogP contribution in [0.3, 0.4) is 0 Å². The van der Waals surface area contributed by atoms with Gasteiger partial charge in [-0.15, -0.1) is 0 Å². The molecule has 1 N–H and O–H groups in total. The second-order valence-corrected chi connectivity index (χ2v) is 9.95. The molecule has 6 rings (SSSR count). The highest BCUT2D eigenvalue weighted by Gasteiger charge is 2.23. The molecule has 1 heterocycles. The van der Waals surface area contributed by atoms with E-state index in [2.05, 4.69) is 4.57 Å². The Morgan fingerprint density at radius 2 is 1.56 bits per heavy atom. The highest BCUT2D eigenvalue weighted by Crippen LogP contribution is 2.37. The maximum atomic E-state index is 11.6. The van der Waals surface area contributed by atoms with Crippen LogP contribution in [0.25, 0.3) is 22.4 Å². The van der Waals surface area contributed by atoms with E-state index in [-0.39, 0.29) is 5.56 Å². The minimum absolute atomic E-state index is 0.249. The fourth-order valence-corrected chi connectivity index (χ4v) is 5.33. The molecule has 39 heavy (non-hydrogen) atoms. The largest absolute Gasteiger partial charge is 0.485 e. The highest BCUT2D eigenvalue weighted by atomic mass is 16.5. The number of ether oxygens (including phenoxy) is 2. The van der Waals surface area contributed by atoms with E-state index in [4.69, 9.17) is 14.5 Å². The van der Waals surface area contributed by atoms with Crippen molar-refractivity contribution >= 4 is 17.0 Å². The quantitative estimate of drug-likeness (QED) is 0.224. The first-order valence-corrected chi connectivity index (χ1v) is 13.4. The van der Waals surface area contributed by atoms with E-state index in [1.807, 2.05) is 84.9 Å². The maximum absolute atomic E-state index is 11.6. The summed E-state index contributed by atoms with van der Waals surface area (Å²) >= 11 is 0. The summed E-state index contributed by atoms with van der Waals surface area (Å²) in [6.45, 7) is 0.459. The number of imidazole rings is 1. The zero-order valence-corrected chi connectivity index (χ0v) is 21.6. The molecule has 5 aromatic rings. The molecule has 0 atom stereocenters. The van der Waals surface area contributed by atoms with E-state index in [0.29, 0.717) is 35.4 Å². The van der Waals surface area contributed by atoms with Gasteiger partial charge in [0.05, 0.1) is 16.6 Å². The van der Waals surface area contributed by atoms with Crippen molar-refractivity contribution in [2.24, 2.45) is 0 Å². The van der Waals surface area contributed by atoms with Crippen LogP contribution in [0.4, 0.5) is 0 Å². The molecule has 1 aliphatic rings. The third-order valence-corrected chi connectivity index (χ3v) is 7.30. The Morgan fingerprint density at radius 3 is 2.31 bits per heavy atom. The summed E-state index contributed by atoms with van der Waals surface area (Å²) in [5.41, 5.74) is 3.99. The number of benzene rings is 4. The van der Waals surface area contributed by atoms with E-state index >= 15 is 0 Å². The van der Waals surface area contributed by atoms with Gasteiger partial charge in [0.1, 0.15) is 18.2 Å². The van der Waals surface area contributed by atoms with Crippen LogP contribution in [0.5, 0.6) is 17.2 Å². The summed E-state index contributed by atoms with van der Waals surface area (Å²) in [5.74, 6) is 1.94. The van der Waals surface area contributed by atoms with Gasteiger partial charge in [0, 0.05) is 11.6 Å². The number of para-hydroxylation sites is 2. The second-order valence-electron chi connectivity index (χ2n) is 9.95. The fraction of sp³-hybridized carbons (Fsp3) is 0.212. The summed E-state index contributed by atoms with van der Waals surface area (Å²) in [5, 5.41) is 9.49. The van der Waals surface area contributed by atoms with Crippen LogP contribution < -0.4 is 9.47 Å². The molecule has 0 amide bonds. The summed E-state index contributed by atoms with van der Waals surface area (Å²) in [6, 6.07) is 31.2. The zero-order chi connectivity index (χ0) is 26.6. The molecule has 0 saturated heterocycles. The molecule has 1 aliphatic carbocycles. The fourth-order valence-electron chi connectivity index (χ4n) is 5.33. The summed E-state index contributed by atoms with van der Waals surface area (Å²) in [6.07, 6.45) is 5.83. The van der Waals surface area contributed by atoms with Gasteiger partial charge < -0.3 is 19.1 Å². The number of rotatable bonds is 8. The van der Waals surface area contributed by atoms with E-state index in [1.54, 1.807) is 12.1 Å². The van der Waals surface area contributed by atoms with Gasteiger partial charge in [-0.25, -0.2) is 9.78 Å². The van der Waals surface area contributed by atoms with E-state index in [0.717, 1.165) is 35.3 Å². The number of aromatic carboxylic acids is 1. The Bertz CT molecular complexity index is 1590. The lowest BCUT2D eigenvalue weighted by molar-refractivity contribution is 0.0697. The third kappa shape index (κ3) is 5.36. The minimum atomic E-state index is -0.944. The van der Waals surface area contributed by atoms with Crippen molar-refractivity contribution in [3.05, 3.63) is 108 Å². The molecule has 1 fully saturated rings. The molecule has 0 bridgehead atoms. The molecule has 0 spiro atoms. The van der Waals surface area contributed by atoms with Crippen LogP contribution in [0.2, 0.25) is 0 Å². The first kappa shape index (κ1) is 24.7. The molecule has 6 nitrogen and oxygen atoms in total. The third-order valence-electron chi connectivity index (χ3n) is 7.30. The average molecular weight is 519 g/mol. The first-order chi connectivity index (χ1) is 19.2. The predicted molar refractivity (Wildman–Crippen MR) is 152 cm³/mol. The van der Waals surface area contributed by atoms with Crippen molar-refractivity contribution in [3.8, 4) is 28.6 Å². The molecular formula is C33H30N2O4. The predicted octanol–water partition coefficient (Wildman–Crippen LogP) is 8.28.